The van der Waals surface area contributed by atoms with Crippen molar-refractivity contribution in [3.8, 4) is 6.01 Å². The highest BCUT2D eigenvalue weighted by molar-refractivity contribution is 7.18. The van der Waals surface area contributed by atoms with Crippen LogP contribution in [0.15, 0.2) is 36.5 Å². The number of piperazine rings is 1. The van der Waals surface area contributed by atoms with Gasteiger partial charge in [0.2, 0.25) is 0 Å². The number of amides is 1. The van der Waals surface area contributed by atoms with Crippen LogP contribution in [0.4, 0.5) is 11.4 Å². The maximum absolute atomic E-state index is 13.4. The quantitative estimate of drug-likeness (QED) is 0.425. The fourth-order valence-electron chi connectivity index (χ4n) is 4.89. The molecule has 1 aliphatic heterocycles. The van der Waals surface area contributed by atoms with E-state index in [-0.39, 0.29) is 11.9 Å². The van der Waals surface area contributed by atoms with Gasteiger partial charge in [-0.05, 0) is 57.0 Å². The van der Waals surface area contributed by atoms with Crippen LogP contribution in [0.3, 0.4) is 0 Å². The van der Waals surface area contributed by atoms with Gasteiger partial charge in [-0.15, -0.1) is 11.3 Å². The first-order valence-corrected chi connectivity index (χ1v) is 12.9. The van der Waals surface area contributed by atoms with Gasteiger partial charge < -0.3 is 20.3 Å². The Balaban J connectivity index is 1.35. The number of aromatic nitrogens is 3. The summed E-state index contributed by atoms with van der Waals surface area (Å²) in [7, 11) is 1.53. The number of rotatable bonds is 5. The van der Waals surface area contributed by atoms with E-state index < -0.39 is 0 Å². The Kier molecular flexibility index (Phi) is 5.53. The topological polar surface area (TPSA) is 92.3 Å². The van der Waals surface area contributed by atoms with Gasteiger partial charge in [0.15, 0.2) is 0 Å². The minimum absolute atomic E-state index is 0.212. The predicted molar refractivity (Wildman–Crippen MR) is 140 cm³/mol. The van der Waals surface area contributed by atoms with E-state index in [2.05, 4.69) is 39.3 Å². The van der Waals surface area contributed by atoms with Gasteiger partial charge >= 0.3 is 6.01 Å². The molecular weight excluding hydrogens is 460 g/mol. The Bertz CT molecular complexity index is 1420. The molecule has 2 unspecified atom stereocenters. The molecule has 0 spiro atoms. The van der Waals surface area contributed by atoms with Crippen LogP contribution in [0, 0.1) is 0 Å². The molecule has 4 aromatic rings. The maximum Gasteiger partial charge on any atom is 0.316 e. The lowest BCUT2D eigenvalue weighted by Crippen LogP contribution is -2.54. The summed E-state index contributed by atoms with van der Waals surface area (Å²) in [6.07, 6.45) is 4.21. The summed E-state index contributed by atoms with van der Waals surface area (Å²) in [4.78, 5) is 29.4. The number of hydrogen-bond donors (Lipinski definition) is 2. The second kappa shape index (κ2) is 8.73. The molecule has 35 heavy (non-hydrogen) atoms. The number of carbonyl (C=O) groups excluding carboxylic acids is 1. The van der Waals surface area contributed by atoms with Crippen molar-refractivity contribution in [2.75, 3.05) is 30.4 Å². The van der Waals surface area contributed by atoms with Crippen molar-refractivity contribution < 1.29 is 9.53 Å². The van der Waals surface area contributed by atoms with E-state index in [1.165, 1.54) is 25.0 Å². The van der Waals surface area contributed by atoms with Gasteiger partial charge in [0, 0.05) is 54.0 Å². The Morgan fingerprint density at radius 3 is 2.69 bits per heavy atom. The highest BCUT2D eigenvalue weighted by atomic mass is 32.1. The normalized spacial score (nSPS) is 20.4. The van der Waals surface area contributed by atoms with Gasteiger partial charge in [-0.2, -0.15) is 4.98 Å². The van der Waals surface area contributed by atoms with Crippen LogP contribution >= 0.6 is 11.3 Å². The minimum Gasteiger partial charge on any atom is -0.467 e. The average molecular weight is 489 g/mol. The highest BCUT2D eigenvalue weighted by Crippen LogP contribution is 2.43. The third-order valence-corrected chi connectivity index (χ3v) is 7.80. The lowest BCUT2D eigenvalue weighted by molar-refractivity contribution is 0.102. The molecule has 2 atom stereocenters. The van der Waals surface area contributed by atoms with E-state index in [4.69, 9.17) is 9.72 Å². The number of hydrogen-bond acceptors (Lipinski definition) is 8. The van der Waals surface area contributed by atoms with Gasteiger partial charge in [-0.25, -0.2) is 9.97 Å². The van der Waals surface area contributed by atoms with Crippen molar-refractivity contribution in [2.24, 2.45) is 0 Å². The first-order valence-electron chi connectivity index (χ1n) is 12.0. The summed E-state index contributed by atoms with van der Waals surface area (Å²) in [6, 6.07) is 10.7. The van der Waals surface area contributed by atoms with Gasteiger partial charge in [0.05, 0.1) is 33.4 Å². The zero-order valence-electron chi connectivity index (χ0n) is 20.0. The SMILES string of the molecule is COc1ncc2c(N3CC(C)NC(C)C3)ccc(C(=O)Nc3ccc4nc(C5CC5)sc4c3)c2n1. The first kappa shape index (κ1) is 22.2. The van der Waals surface area contributed by atoms with Crippen LogP contribution in [0.1, 0.15) is 48.0 Å². The standard InChI is InChI=1S/C26H28N6O2S/c1-14-12-32(13-15(2)28-14)21-9-7-18(23-19(21)11-27-26(31-23)34-3)24(33)29-17-6-8-20-22(10-17)35-25(30-20)16-4-5-16/h6-11,14-16,28H,4-5,12-13H2,1-3H3,(H,29,33). The maximum atomic E-state index is 13.4. The predicted octanol–water partition coefficient (Wildman–Crippen LogP) is 4.56. The van der Waals surface area contributed by atoms with Crippen molar-refractivity contribution in [1.82, 2.24) is 20.3 Å². The number of benzene rings is 2. The number of nitrogens with one attached hydrogen (secondary N) is 2. The summed E-state index contributed by atoms with van der Waals surface area (Å²) < 4.78 is 6.38. The monoisotopic (exact) mass is 488 g/mol. The average Bonchev–Trinajstić information content (AvgIpc) is 3.61. The van der Waals surface area contributed by atoms with Crippen LogP contribution in [-0.2, 0) is 0 Å². The van der Waals surface area contributed by atoms with Gasteiger partial charge in [0.1, 0.15) is 0 Å². The van der Waals surface area contributed by atoms with E-state index in [0.717, 1.165) is 40.1 Å². The van der Waals surface area contributed by atoms with Crippen LogP contribution in [0.5, 0.6) is 6.01 Å². The fraction of sp³-hybridized carbons (Fsp3) is 0.385. The zero-order chi connectivity index (χ0) is 24.1. The summed E-state index contributed by atoms with van der Waals surface area (Å²) in [5, 5.41) is 8.67. The number of fused-ring (bicyclic) bond motifs is 2. The van der Waals surface area contributed by atoms with Crippen molar-refractivity contribution >= 4 is 49.7 Å². The molecule has 2 aromatic heterocycles. The fourth-order valence-corrected chi connectivity index (χ4v) is 6.07. The third kappa shape index (κ3) is 4.30. The molecule has 2 aromatic carbocycles. The minimum atomic E-state index is -0.212. The molecule has 180 valence electrons. The third-order valence-electron chi connectivity index (χ3n) is 6.62. The zero-order valence-corrected chi connectivity index (χ0v) is 20.9. The molecule has 2 N–H and O–H groups in total. The molecule has 9 heteroatoms. The molecule has 3 heterocycles. The van der Waals surface area contributed by atoms with Crippen LogP contribution < -0.4 is 20.3 Å². The van der Waals surface area contributed by atoms with Crippen molar-refractivity contribution in [3.63, 3.8) is 0 Å². The van der Waals surface area contributed by atoms with E-state index in [0.29, 0.717) is 29.1 Å². The van der Waals surface area contributed by atoms with E-state index >= 15 is 0 Å². The number of nitrogens with zero attached hydrogens (tertiary/aromatic N) is 4. The van der Waals surface area contributed by atoms with E-state index in [1.807, 2.05) is 30.3 Å². The molecule has 6 rings (SSSR count). The second-order valence-electron chi connectivity index (χ2n) is 9.59. The molecule has 1 saturated carbocycles. The number of ether oxygens (including phenoxy) is 1. The lowest BCUT2D eigenvalue weighted by atomic mass is 10.0. The number of thiazole rings is 1. The van der Waals surface area contributed by atoms with Gasteiger partial charge in [0.25, 0.3) is 5.91 Å². The molecule has 0 radical (unpaired) electrons. The Hall–Kier alpha value is -3.30. The number of anilines is 2. The smallest absolute Gasteiger partial charge is 0.316 e. The lowest BCUT2D eigenvalue weighted by Gasteiger charge is -2.38. The molecule has 0 bridgehead atoms. The molecule has 1 saturated heterocycles. The Morgan fingerprint density at radius 2 is 1.94 bits per heavy atom. The second-order valence-corrected chi connectivity index (χ2v) is 10.7. The first-order chi connectivity index (χ1) is 17.0. The van der Waals surface area contributed by atoms with Gasteiger partial charge in [-0.3, -0.25) is 4.79 Å². The van der Waals surface area contributed by atoms with Crippen LogP contribution in [-0.4, -0.2) is 53.1 Å². The van der Waals surface area contributed by atoms with Crippen LogP contribution in [0.25, 0.3) is 21.1 Å². The number of carbonyl (C=O) groups is 1. The van der Waals surface area contributed by atoms with Gasteiger partial charge in [-0.1, -0.05) is 0 Å². The summed E-state index contributed by atoms with van der Waals surface area (Å²) >= 11 is 1.72. The molecule has 8 nitrogen and oxygen atoms in total. The number of methoxy groups -OCH3 is 1. The molecule has 2 aliphatic rings. The molecule has 2 fully saturated rings. The summed E-state index contributed by atoms with van der Waals surface area (Å²) in [5.74, 6) is 0.405. The Labute approximate surface area is 207 Å². The Morgan fingerprint density at radius 1 is 1.14 bits per heavy atom. The molecular formula is C26H28N6O2S. The van der Waals surface area contributed by atoms with Crippen molar-refractivity contribution in [2.45, 2.75) is 44.7 Å². The van der Waals surface area contributed by atoms with Crippen molar-refractivity contribution in [1.29, 1.82) is 0 Å². The van der Waals surface area contributed by atoms with Crippen LogP contribution in [0.2, 0.25) is 0 Å². The van der Waals surface area contributed by atoms with E-state index in [1.54, 1.807) is 17.5 Å². The van der Waals surface area contributed by atoms with Crippen molar-refractivity contribution in [3.05, 3.63) is 47.1 Å². The van der Waals surface area contributed by atoms with E-state index in [9.17, 15) is 4.79 Å². The molecule has 1 amide bonds. The highest BCUT2D eigenvalue weighted by Gasteiger charge is 2.27. The summed E-state index contributed by atoms with van der Waals surface area (Å²) in [5.41, 5.74) is 3.83. The molecule has 1 aliphatic carbocycles. The largest absolute Gasteiger partial charge is 0.467 e. The summed E-state index contributed by atoms with van der Waals surface area (Å²) in [6.45, 7) is 6.10.